The van der Waals surface area contributed by atoms with E-state index in [9.17, 15) is 14.0 Å². The Morgan fingerprint density at radius 1 is 1.17 bits per heavy atom. The van der Waals surface area contributed by atoms with E-state index < -0.39 is 5.82 Å². The molecule has 0 atom stereocenters. The van der Waals surface area contributed by atoms with Gasteiger partial charge in [0.05, 0.1) is 5.69 Å². The summed E-state index contributed by atoms with van der Waals surface area (Å²) in [7, 11) is 0. The van der Waals surface area contributed by atoms with Crippen LogP contribution in [0.15, 0.2) is 46.9 Å². The van der Waals surface area contributed by atoms with Gasteiger partial charge in [-0.05, 0) is 64.8 Å². The number of anilines is 1. The maximum Gasteiger partial charge on any atom is 0.251 e. The quantitative estimate of drug-likeness (QED) is 0.843. The molecule has 0 saturated carbocycles. The van der Waals surface area contributed by atoms with Crippen LogP contribution in [0.2, 0.25) is 0 Å². The molecule has 0 unspecified atom stereocenters. The standard InChI is InChI=1S/C18H18BrFN2O2/c1-12-3-8-17(16(19)11-12)22(13(2)23)10-9-21-18(24)14-4-6-15(20)7-5-14/h3-8,11H,9-10H2,1-2H3,(H,21,24). The van der Waals surface area contributed by atoms with Crippen LogP contribution in [0.25, 0.3) is 0 Å². The lowest BCUT2D eigenvalue weighted by Gasteiger charge is -2.23. The monoisotopic (exact) mass is 392 g/mol. The Kier molecular flexibility index (Phi) is 6.09. The number of amides is 2. The highest BCUT2D eigenvalue weighted by Gasteiger charge is 2.15. The second-order valence-electron chi connectivity index (χ2n) is 5.39. The van der Waals surface area contributed by atoms with E-state index in [1.54, 1.807) is 4.90 Å². The lowest BCUT2D eigenvalue weighted by atomic mass is 10.2. The maximum atomic E-state index is 12.9. The zero-order valence-electron chi connectivity index (χ0n) is 13.5. The third kappa shape index (κ3) is 4.64. The first-order valence-corrected chi connectivity index (χ1v) is 8.26. The van der Waals surface area contributed by atoms with Crippen molar-refractivity contribution in [3.8, 4) is 0 Å². The molecule has 0 aromatic heterocycles. The predicted molar refractivity (Wildman–Crippen MR) is 95.6 cm³/mol. The van der Waals surface area contributed by atoms with Gasteiger partial charge in [-0.3, -0.25) is 9.59 Å². The number of aryl methyl sites for hydroxylation is 1. The largest absolute Gasteiger partial charge is 0.350 e. The number of carbonyl (C=O) groups excluding carboxylic acids is 2. The maximum absolute atomic E-state index is 12.9. The molecule has 0 aliphatic carbocycles. The fourth-order valence-corrected chi connectivity index (χ4v) is 2.97. The highest BCUT2D eigenvalue weighted by atomic mass is 79.9. The van der Waals surface area contributed by atoms with Gasteiger partial charge in [-0.2, -0.15) is 0 Å². The molecule has 0 heterocycles. The number of hydrogen-bond donors (Lipinski definition) is 1. The Hall–Kier alpha value is -2.21. The Morgan fingerprint density at radius 2 is 1.83 bits per heavy atom. The summed E-state index contributed by atoms with van der Waals surface area (Å²) in [6.45, 7) is 4.07. The summed E-state index contributed by atoms with van der Waals surface area (Å²) in [6.07, 6.45) is 0. The van der Waals surface area contributed by atoms with Gasteiger partial charge < -0.3 is 10.2 Å². The molecule has 1 N–H and O–H groups in total. The van der Waals surface area contributed by atoms with Crippen LogP contribution in [0.1, 0.15) is 22.8 Å². The Morgan fingerprint density at radius 3 is 2.42 bits per heavy atom. The Bertz CT molecular complexity index is 747. The molecule has 6 heteroatoms. The number of nitrogens with zero attached hydrogens (tertiary/aromatic N) is 1. The number of carbonyl (C=O) groups is 2. The van der Waals surface area contributed by atoms with Gasteiger partial charge in [0.25, 0.3) is 5.91 Å². The summed E-state index contributed by atoms with van der Waals surface area (Å²) in [4.78, 5) is 25.5. The van der Waals surface area contributed by atoms with Gasteiger partial charge in [0.15, 0.2) is 0 Å². The summed E-state index contributed by atoms with van der Waals surface area (Å²) in [6, 6.07) is 11.0. The summed E-state index contributed by atoms with van der Waals surface area (Å²) < 4.78 is 13.7. The molecule has 0 radical (unpaired) electrons. The zero-order chi connectivity index (χ0) is 17.7. The Labute approximate surface area is 148 Å². The zero-order valence-corrected chi connectivity index (χ0v) is 15.1. The molecule has 2 aromatic carbocycles. The van der Waals surface area contributed by atoms with E-state index in [-0.39, 0.29) is 18.4 Å². The molecule has 2 amide bonds. The Balaban J connectivity index is 2.00. The molecular formula is C18H18BrFN2O2. The highest BCUT2D eigenvalue weighted by Crippen LogP contribution is 2.27. The van der Waals surface area contributed by atoms with Crippen LogP contribution >= 0.6 is 15.9 Å². The van der Waals surface area contributed by atoms with Crippen molar-refractivity contribution in [2.24, 2.45) is 0 Å². The molecule has 0 bridgehead atoms. The molecule has 24 heavy (non-hydrogen) atoms. The number of benzene rings is 2. The molecule has 4 nitrogen and oxygen atoms in total. The van der Waals surface area contributed by atoms with Gasteiger partial charge in [-0.25, -0.2) is 4.39 Å². The number of nitrogens with one attached hydrogen (secondary N) is 1. The van der Waals surface area contributed by atoms with E-state index in [1.165, 1.54) is 31.2 Å². The van der Waals surface area contributed by atoms with E-state index in [1.807, 2.05) is 25.1 Å². The minimum absolute atomic E-state index is 0.115. The molecule has 126 valence electrons. The second-order valence-corrected chi connectivity index (χ2v) is 6.24. The number of hydrogen-bond acceptors (Lipinski definition) is 2. The molecule has 2 aromatic rings. The van der Waals surface area contributed by atoms with Gasteiger partial charge in [0.2, 0.25) is 5.91 Å². The molecule has 0 saturated heterocycles. The van der Waals surface area contributed by atoms with Crippen LogP contribution in [-0.2, 0) is 4.79 Å². The number of rotatable bonds is 5. The molecule has 0 fully saturated rings. The summed E-state index contributed by atoms with van der Waals surface area (Å²) >= 11 is 3.46. The van der Waals surface area contributed by atoms with Gasteiger partial charge in [0, 0.05) is 30.0 Å². The fraction of sp³-hybridized carbons (Fsp3) is 0.222. The summed E-state index contributed by atoms with van der Waals surface area (Å²) in [5.41, 5.74) is 2.21. The number of halogens is 2. The first-order valence-electron chi connectivity index (χ1n) is 7.46. The smallest absolute Gasteiger partial charge is 0.251 e. The average molecular weight is 393 g/mol. The second kappa shape index (κ2) is 8.06. The topological polar surface area (TPSA) is 49.4 Å². The van der Waals surface area contributed by atoms with Gasteiger partial charge in [-0.1, -0.05) is 6.07 Å². The van der Waals surface area contributed by atoms with Crippen LogP contribution in [-0.4, -0.2) is 24.9 Å². The van der Waals surface area contributed by atoms with E-state index in [0.29, 0.717) is 12.1 Å². The van der Waals surface area contributed by atoms with Gasteiger partial charge in [0.1, 0.15) is 5.82 Å². The molecular weight excluding hydrogens is 375 g/mol. The van der Waals surface area contributed by atoms with Crippen LogP contribution in [0.3, 0.4) is 0 Å². The van der Waals surface area contributed by atoms with Crippen molar-refractivity contribution in [1.82, 2.24) is 5.32 Å². The van der Waals surface area contributed by atoms with Crippen molar-refractivity contribution >= 4 is 33.4 Å². The molecule has 0 aliphatic rings. The highest BCUT2D eigenvalue weighted by molar-refractivity contribution is 9.10. The summed E-state index contributed by atoms with van der Waals surface area (Å²) in [5, 5.41) is 2.73. The van der Waals surface area contributed by atoms with Crippen molar-refractivity contribution < 1.29 is 14.0 Å². The normalized spacial score (nSPS) is 10.3. The van der Waals surface area contributed by atoms with Gasteiger partial charge >= 0.3 is 0 Å². The molecule has 0 spiro atoms. The third-order valence-corrected chi connectivity index (χ3v) is 4.14. The minimum Gasteiger partial charge on any atom is -0.350 e. The lowest BCUT2D eigenvalue weighted by molar-refractivity contribution is -0.116. The molecule has 2 rings (SSSR count). The van der Waals surface area contributed by atoms with E-state index in [0.717, 1.165) is 15.7 Å². The van der Waals surface area contributed by atoms with E-state index in [2.05, 4.69) is 21.2 Å². The van der Waals surface area contributed by atoms with Crippen molar-refractivity contribution in [3.63, 3.8) is 0 Å². The average Bonchev–Trinajstić information content (AvgIpc) is 2.52. The van der Waals surface area contributed by atoms with Crippen molar-refractivity contribution in [3.05, 3.63) is 63.9 Å². The van der Waals surface area contributed by atoms with Crippen LogP contribution in [0.5, 0.6) is 0 Å². The third-order valence-electron chi connectivity index (χ3n) is 3.50. The first kappa shape index (κ1) is 18.1. The fourth-order valence-electron chi connectivity index (χ4n) is 2.26. The molecule has 0 aliphatic heterocycles. The van der Waals surface area contributed by atoms with E-state index >= 15 is 0 Å². The van der Waals surface area contributed by atoms with Crippen LogP contribution in [0.4, 0.5) is 10.1 Å². The lowest BCUT2D eigenvalue weighted by Crippen LogP contribution is -2.37. The SMILES string of the molecule is CC(=O)N(CCNC(=O)c1ccc(F)cc1)c1ccc(C)cc1Br. The van der Waals surface area contributed by atoms with Crippen molar-refractivity contribution in [2.45, 2.75) is 13.8 Å². The van der Waals surface area contributed by atoms with Gasteiger partial charge in [-0.15, -0.1) is 0 Å². The summed E-state index contributed by atoms with van der Waals surface area (Å²) in [5.74, 6) is -0.810. The van der Waals surface area contributed by atoms with Crippen molar-refractivity contribution in [2.75, 3.05) is 18.0 Å². The van der Waals surface area contributed by atoms with E-state index in [4.69, 9.17) is 0 Å². The van der Waals surface area contributed by atoms with Crippen molar-refractivity contribution in [1.29, 1.82) is 0 Å². The van der Waals surface area contributed by atoms with Crippen LogP contribution in [0, 0.1) is 12.7 Å². The van der Waals surface area contributed by atoms with Crippen LogP contribution < -0.4 is 10.2 Å². The minimum atomic E-state index is -0.390. The first-order chi connectivity index (χ1) is 11.4. The predicted octanol–water partition coefficient (Wildman–Crippen LogP) is 3.68.